The van der Waals surface area contributed by atoms with Gasteiger partial charge in [0.05, 0.1) is 0 Å². The van der Waals surface area contributed by atoms with E-state index >= 15 is 0 Å². The van der Waals surface area contributed by atoms with Gasteiger partial charge >= 0.3 is 12.2 Å². The molecule has 0 spiro atoms. The maximum atomic E-state index is 11.8. The molecule has 11 nitrogen and oxygen atoms in total. The van der Waals surface area contributed by atoms with Crippen LogP contribution in [0.5, 0.6) is 0 Å². The molecule has 0 radical (unpaired) electrons. The first-order valence-electron chi connectivity index (χ1n) is 9.80. The number of nitrogens with one attached hydrogen (secondary N) is 3. The molecule has 0 saturated carbocycles. The third kappa shape index (κ3) is 16.5. The van der Waals surface area contributed by atoms with Gasteiger partial charge in [-0.15, -0.1) is 0 Å². The van der Waals surface area contributed by atoms with E-state index in [0.29, 0.717) is 32.2 Å². The van der Waals surface area contributed by atoms with Gasteiger partial charge in [-0.3, -0.25) is 4.79 Å². The molecule has 5 N–H and O–H groups in total. The van der Waals surface area contributed by atoms with E-state index in [0.717, 1.165) is 0 Å². The summed E-state index contributed by atoms with van der Waals surface area (Å²) in [7, 11) is 1.54. The second-order valence-electron chi connectivity index (χ2n) is 6.38. The van der Waals surface area contributed by atoms with Crippen LogP contribution in [-0.4, -0.2) is 87.1 Å². The first kappa shape index (κ1) is 26.9. The number of aliphatic hydroxyl groups excluding tert-OH is 2. The quantitative estimate of drug-likeness (QED) is 0.216. The Hall–Kier alpha value is -2.11. The van der Waals surface area contributed by atoms with Crippen LogP contribution >= 0.6 is 0 Å². The van der Waals surface area contributed by atoms with E-state index < -0.39 is 18.3 Å². The highest BCUT2D eigenvalue weighted by molar-refractivity contribution is 5.75. The summed E-state index contributed by atoms with van der Waals surface area (Å²) in [5, 5.41) is 25.2. The molecule has 0 aromatic rings. The van der Waals surface area contributed by atoms with Gasteiger partial charge in [-0.1, -0.05) is 0 Å². The van der Waals surface area contributed by atoms with Crippen LogP contribution in [0.15, 0.2) is 0 Å². The number of rotatable bonds is 16. The van der Waals surface area contributed by atoms with Crippen LogP contribution in [0.3, 0.4) is 0 Å². The van der Waals surface area contributed by atoms with Crippen LogP contribution in [0.4, 0.5) is 9.59 Å². The third-order valence-corrected chi connectivity index (χ3v) is 3.76. The maximum Gasteiger partial charge on any atom is 0.407 e. The van der Waals surface area contributed by atoms with Crippen molar-refractivity contribution in [3.05, 3.63) is 0 Å². The number of amides is 3. The molecule has 11 heteroatoms. The molecular weight excluding hydrogens is 386 g/mol. The lowest BCUT2D eigenvalue weighted by Gasteiger charge is -2.19. The Balaban J connectivity index is 4.34. The average molecular weight is 421 g/mol. The van der Waals surface area contributed by atoms with Crippen LogP contribution in [-0.2, 0) is 19.0 Å². The molecule has 0 aliphatic carbocycles. The van der Waals surface area contributed by atoms with Gasteiger partial charge in [-0.2, -0.15) is 0 Å². The smallest absolute Gasteiger partial charge is 0.407 e. The predicted octanol–water partition coefficient (Wildman–Crippen LogP) is -0.106. The van der Waals surface area contributed by atoms with Crippen molar-refractivity contribution >= 4 is 18.1 Å². The molecule has 0 aromatic carbocycles. The zero-order chi connectivity index (χ0) is 21.9. The second kappa shape index (κ2) is 18.0. The highest BCUT2D eigenvalue weighted by atomic mass is 16.6. The zero-order valence-electron chi connectivity index (χ0n) is 17.3. The maximum absolute atomic E-state index is 11.8. The minimum Gasteiger partial charge on any atom is -0.447 e. The Labute approximate surface area is 171 Å². The highest BCUT2D eigenvalue weighted by Crippen LogP contribution is 2.01. The third-order valence-electron chi connectivity index (χ3n) is 3.76. The van der Waals surface area contributed by atoms with Crippen LogP contribution in [0.2, 0.25) is 0 Å². The minimum absolute atomic E-state index is 0.0546. The Kier molecular flexibility index (Phi) is 16.6. The summed E-state index contributed by atoms with van der Waals surface area (Å²) < 4.78 is 15.7. The van der Waals surface area contributed by atoms with Crippen molar-refractivity contribution in [2.45, 2.75) is 51.2 Å². The summed E-state index contributed by atoms with van der Waals surface area (Å²) in [6, 6.07) is -0.250. The molecular formula is C18H35N3O8. The summed E-state index contributed by atoms with van der Waals surface area (Å²) in [6.07, 6.45) is 0.352. The number of aliphatic hydroxyl groups is 2. The first-order chi connectivity index (χ1) is 13.9. The van der Waals surface area contributed by atoms with Crippen molar-refractivity contribution in [1.82, 2.24) is 16.0 Å². The van der Waals surface area contributed by atoms with Crippen LogP contribution in [0.25, 0.3) is 0 Å². The number of hydrogen-bond donors (Lipinski definition) is 5. The second-order valence-corrected chi connectivity index (χ2v) is 6.38. The van der Waals surface area contributed by atoms with Gasteiger partial charge in [0.1, 0.15) is 19.3 Å². The normalized spacial score (nSPS) is 12.6. The van der Waals surface area contributed by atoms with Crippen molar-refractivity contribution in [1.29, 1.82) is 0 Å². The van der Waals surface area contributed by atoms with Gasteiger partial charge in [0.15, 0.2) is 0 Å². The summed E-state index contributed by atoms with van der Waals surface area (Å²) in [5.74, 6) is -0.114. The molecule has 170 valence electrons. The summed E-state index contributed by atoms with van der Waals surface area (Å²) >= 11 is 0. The lowest BCUT2D eigenvalue weighted by atomic mass is 10.2. The molecule has 0 aliphatic rings. The fraction of sp³-hybridized carbons (Fsp3) is 0.833. The van der Waals surface area contributed by atoms with Gasteiger partial charge in [-0.25, -0.2) is 9.59 Å². The van der Waals surface area contributed by atoms with E-state index in [1.807, 2.05) is 0 Å². The molecule has 0 saturated heterocycles. The molecule has 29 heavy (non-hydrogen) atoms. The van der Waals surface area contributed by atoms with Crippen molar-refractivity contribution in [3.63, 3.8) is 0 Å². The Morgan fingerprint density at radius 1 is 0.966 bits per heavy atom. The average Bonchev–Trinajstić information content (AvgIpc) is 2.69. The van der Waals surface area contributed by atoms with Gasteiger partial charge in [0.2, 0.25) is 5.91 Å². The number of carbonyl (C=O) groups excluding carboxylic acids is 3. The first-order valence-corrected chi connectivity index (χ1v) is 9.80. The molecule has 0 bridgehead atoms. The van der Waals surface area contributed by atoms with Crippen LogP contribution < -0.4 is 16.0 Å². The highest BCUT2D eigenvalue weighted by Gasteiger charge is 2.16. The standard InChI is InChI=1S/C18H35N3O8/c1-14(7-10-23)21-18(26)29-13-15(27-11-5-6-16(24)19-2)12-28-17(25)20-8-3-4-9-22/h14-15,22-23H,3-13H2,1-2H3,(H,19,24)(H,20,25)(H,21,26). The van der Waals surface area contributed by atoms with Crippen LogP contribution in [0.1, 0.15) is 39.0 Å². The molecule has 2 unspecified atom stereocenters. The molecule has 0 aromatic heterocycles. The SMILES string of the molecule is CNC(=O)CCCOC(COC(=O)NCCCCO)COC(=O)NC(C)CCO. The fourth-order valence-electron chi connectivity index (χ4n) is 2.08. The van der Waals surface area contributed by atoms with Gasteiger partial charge in [-0.05, 0) is 32.6 Å². The number of hydrogen-bond acceptors (Lipinski definition) is 8. The van der Waals surface area contributed by atoms with E-state index in [1.54, 1.807) is 14.0 Å². The van der Waals surface area contributed by atoms with E-state index in [-0.39, 0.29) is 51.4 Å². The summed E-state index contributed by atoms with van der Waals surface area (Å²) in [5.41, 5.74) is 0. The van der Waals surface area contributed by atoms with Crippen molar-refractivity contribution < 1.29 is 38.8 Å². The Morgan fingerprint density at radius 3 is 2.28 bits per heavy atom. The molecule has 2 atom stereocenters. The topological polar surface area (TPSA) is 155 Å². The lowest BCUT2D eigenvalue weighted by molar-refractivity contribution is -0.121. The Bertz CT molecular complexity index is 464. The number of unbranched alkanes of at least 4 members (excludes halogenated alkanes) is 1. The summed E-state index contributed by atoms with van der Waals surface area (Å²) in [6.45, 7) is 2.05. The van der Waals surface area contributed by atoms with Gasteiger partial charge in [0, 0.05) is 45.9 Å². The van der Waals surface area contributed by atoms with Crippen molar-refractivity contribution in [2.75, 3.05) is 46.6 Å². The fourth-order valence-corrected chi connectivity index (χ4v) is 2.08. The lowest BCUT2D eigenvalue weighted by Crippen LogP contribution is -2.37. The van der Waals surface area contributed by atoms with E-state index in [2.05, 4.69) is 16.0 Å². The molecule has 0 fully saturated rings. The predicted molar refractivity (Wildman–Crippen MR) is 104 cm³/mol. The van der Waals surface area contributed by atoms with Gasteiger partial charge < -0.3 is 40.4 Å². The van der Waals surface area contributed by atoms with Crippen molar-refractivity contribution in [2.24, 2.45) is 0 Å². The van der Waals surface area contributed by atoms with Crippen LogP contribution in [0, 0.1) is 0 Å². The van der Waals surface area contributed by atoms with E-state index in [4.69, 9.17) is 24.4 Å². The Morgan fingerprint density at radius 2 is 1.66 bits per heavy atom. The van der Waals surface area contributed by atoms with Gasteiger partial charge in [0.25, 0.3) is 0 Å². The monoisotopic (exact) mass is 421 g/mol. The molecule has 0 rings (SSSR count). The zero-order valence-corrected chi connectivity index (χ0v) is 17.3. The number of carbonyl (C=O) groups is 3. The number of alkyl carbamates (subject to hydrolysis) is 2. The van der Waals surface area contributed by atoms with Crippen molar-refractivity contribution in [3.8, 4) is 0 Å². The van der Waals surface area contributed by atoms with E-state index in [1.165, 1.54) is 0 Å². The number of ether oxygens (including phenoxy) is 3. The largest absolute Gasteiger partial charge is 0.447 e. The minimum atomic E-state index is -0.693. The summed E-state index contributed by atoms with van der Waals surface area (Å²) in [4.78, 5) is 34.7. The molecule has 3 amide bonds. The molecule has 0 aliphatic heterocycles. The molecule has 0 heterocycles. The van der Waals surface area contributed by atoms with E-state index in [9.17, 15) is 14.4 Å².